The molecular formula is C22H27ClN2O4S. The lowest BCUT2D eigenvalue weighted by molar-refractivity contribution is 0.0939. The summed E-state index contributed by atoms with van der Waals surface area (Å²) >= 11 is 6.20. The van der Waals surface area contributed by atoms with E-state index in [0.717, 1.165) is 30.6 Å². The van der Waals surface area contributed by atoms with Crippen LogP contribution < -0.4 is 10.1 Å². The Labute approximate surface area is 183 Å². The van der Waals surface area contributed by atoms with Gasteiger partial charge in [0.1, 0.15) is 10.6 Å². The molecule has 1 heterocycles. The Kier molecular flexibility index (Phi) is 7.39. The molecule has 1 N–H and O–H groups in total. The lowest BCUT2D eigenvalue weighted by atomic mass is 10.1. The summed E-state index contributed by atoms with van der Waals surface area (Å²) in [6.45, 7) is 5.28. The number of sulfonamides is 1. The molecule has 0 radical (unpaired) electrons. The van der Waals surface area contributed by atoms with Crippen molar-refractivity contribution < 1.29 is 17.9 Å². The first-order valence-electron chi connectivity index (χ1n) is 10.2. The monoisotopic (exact) mass is 450 g/mol. The van der Waals surface area contributed by atoms with Gasteiger partial charge in [0.15, 0.2) is 0 Å². The molecule has 8 heteroatoms. The van der Waals surface area contributed by atoms with Crippen molar-refractivity contribution in [2.24, 2.45) is 0 Å². The molecule has 0 aliphatic carbocycles. The van der Waals surface area contributed by atoms with Crippen LogP contribution in [0, 0.1) is 0 Å². The van der Waals surface area contributed by atoms with Gasteiger partial charge < -0.3 is 10.1 Å². The number of halogens is 1. The van der Waals surface area contributed by atoms with Crippen LogP contribution in [0.15, 0.2) is 47.4 Å². The van der Waals surface area contributed by atoms with Gasteiger partial charge in [0.25, 0.3) is 5.91 Å². The van der Waals surface area contributed by atoms with Crippen LogP contribution in [-0.2, 0) is 10.0 Å². The van der Waals surface area contributed by atoms with Crippen molar-refractivity contribution in [3.63, 3.8) is 0 Å². The second-order valence-electron chi connectivity index (χ2n) is 7.31. The first-order valence-corrected chi connectivity index (χ1v) is 12.0. The Morgan fingerprint density at radius 1 is 1.17 bits per heavy atom. The van der Waals surface area contributed by atoms with Crippen LogP contribution in [0.5, 0.6) is 5.75 Å². The first kappa shape index (κ1) is 22.6. The van der Waals surface area contributed by atoms with Crippen molar-refractivity contribution in [1.29, 1.82) is 0 Å². The number of ether oxygens (including phenoxy) is 1. The normalized spacial score (nSPS) is 16.1. The number of benzene rings is 2. The third-order valence-corrected chi connectivity index (χ3v) is 7.52. The molecule has 1 aliphatic heterocycles. The minimum absolute atomic E-state index is 0.0234. The van der Waals surface area contributed by atoms with Crippen LogP contribution in [0.4, 0.5) is 0 Å². The molecule has 162 valence electrons. The van der Waals surface area contributed by atoms with Crippen LogP contribution in [0.2, 0.25) is 5.02 Å². The lowest BCUT2D eigenvalue weighted by Gasteiger charge is -2.26. The summed E-state index contributed by atoms with van der Waals surface area (Å²) in [6, 6.07) is 11.6. The number of carbonyl (C=O) groups excluding carboxylic acids is 1. The number of hydrogen-bond acceptors (Lipinski definition) is 4. The number of hydrogen-bond donors (Lipinski definition) is 1. The van der Waals surface area contributed by atoms with Crippen molar-refractivity contribution >= 4 is 27.5 Å². The fourth-order valence-electron chi connectivity index (χ4n) is 3.49. The highest BCUT2D eigenvalue weighted by molar-refractivity contribution is 7.89. The van der Waals surface area contributed by atoms with E-state index in [1.54, 1.807) is 0 Å². The molecule has 0 aromatic heterocycles. The number of amides is 1. The molecule has 1 amide bonds. The van der Waals surface area contributed by atoms with Crippen LogP contribution in [-0.4, -0.2) is 38.3 Å². The molecule has 0 saturated carbocycles. The summed E-state index contributed by atoms with van der Waals surface area (Å²) in [5.41, 5.74) is 1.15. The van der Waals surface area contributed by atoms with Crippen LogP contribution in [0.25, 0.3) is 0 Å². The Morgan fingerprint density at radius 2 is 1.90 bits per heavy atom. The second-order valence-corrected chi connectivity index (χ2v) is 9.62. The van der Waals surface area contributed by atoms with Gasteiger partial charge in [-0.25, -0.2) is 8.42 Å². The SMILES string of the molecule is CCOc1cccc(C(C)NC(=O)c2ccc(Cl)c(S(=O)(=O)N3CCCCC3)c2)c1. The van der Waals surface area contributed by atoms with Crippen molar-refractivity contribution in [3.05, 3.63) is 58.6 Å². The van der Waals surface area contributed by atoms with E-state index in [1.807, 2.05) is 38.1 Å². The zero-order valence-electron chi connectivity index (χ0n) is 17.2. The molecule has 0 bridgehead atoms. The average molecular weight is 451 g/mol. The van der Waals surface area contributed by atoms with Crippen molar-refractivity contribution in [1.82, 2.24) is 9.62 Å². The number of nitrogens with zero attached hydrogens (tertiary/aromatic N) is 1. The van der Waals surface area contributed by atoms with E-state index in [4.69, 9.17) is 16.3 Å². The molecule has 2 aromatic carbocycles. The van der Waals surface area contributed by atoms with Gasteiger partial charge >= 0.3 is 0 Å². The zero-order chi connectivity index (χ0) is 21.7. The fourth-order valence-corrected chi connectivity index (χ4v) is 5.51. The zero-order valence-corrected chi connectivity index (χ0v) is 18.8. The maximum atomic E-state index is 13.0. The highest BCUT2D eigenvalue weighted by Gasteiger charge is 2.29. The number of rotatable bonds is 7. The summed E-state index contributed by atoms with van der Waals surface area (Å²) in [5, 5.41) is 3.03. The molecule has 1 unspecified atom stereocenters. The van der Waals surface area contributed by atoms with Gasteiger partial charge in [0.2, 0.25) is 10.0 Å². The van der Waals surface area contributed by atoms with Crippen molar-refractivity contribution in [2.75, 3.05) is 19.7 Å². The van der Waals surface area contributed by atoms with Crippen LogP contribution in [0.1, 0.15) is 55.1 Å². The summed E-state index contributed by atoms with van der Waals surface area (Å²) in [4.78, 5) is 12.8. The van der Waals surface area contributed by atoms with E-state index < -0.39 is 10.0 Å². The molecule has 6 nitrogen and oxygen atoms in total. The predicted molar refractivity (Wildman–Crippen MR) is 118 cm³/mol. The van der Waals surface area contributed by atoms with Gasteiger partial charge in [-0.05, 0) is 62.6 Å². The largest absolute Gasteiger partial charge is 0.494 e. The predicted octanol–water partition coefficient (Wildman–Crippen LogP) is 4.40. The standard InChI is InChI=1S/C22H27ClN2O4S/c1-3-29-19-9-7-8-17(14-19)16(2)24-22(26)18-10-11-20(23)21(15-18)30(27,28)25-12-5-4-6-13-25/h7-11,14-16H,3-6,12-13H2,1-2H3,(H,24,26). The van der Waals surface area contributed by atoms with Gasteiger partial charge in [-0.3, -0.25) is 4.79 Å². The first-order chi connectivity index (χ1) is 14.3. The minimum atomic E-state index is -3.74. The smallest absolute Gasteiger partial charge is 0.251 e. The fraction of sp³-hybridized carbons (Fsp3) is 0.409. The topological polar surface area (TPSA) is 75.7 Å². The maximum absolute atomic E-state index is 13.0. The Balaban J connectivity index is 1.80. The molecule has 1 saturated heterocycles. The quantitative estimate of drug-likeness (QED) is 0.678. The van der Waals surface area contributed by atoms with Gasteiger partial charge in [0, 0.05) is 18.7 Å². The highest BCUT2D eigenvalue weighted by Crippen LogP contribution is 2.28. The van der Waals surface area contributed by atoms with Crippen molar-refractivity contribution in [2.45, 2.75) is 44.0 Å². The van der Waals surface area contributed by atoms with Gasteiger partial charge in [-0.15, -0.1) is 0 Å². The van der Waals surface area contributed by atoms with Gasteiger partial charge in [-0.1, -0.05) is 30.2 Å². The number of carbonyl (C=O) groups is 1. The molecule has 3 rings (SSSR count). The summed E-state index contributed by atoms with van der Waals surface area (Å²) in [7, 11) is -3.74. The summed E-state index contributed by atoms with van der Waals surface area (Å²) in [5.74, 6) is 0.369. The Hall–Kier alpha value is -2.09. The minimum Gasteiger partial charge on any atom is -0.494 e. The summed E-state index contributed by atoms with van der Waals surface area (Å²) < 4.78 is 33.0. The van der Waals surface area contributed by atoms with E-state index in [2.05, 4.69) is 5.32 Å². The highest BCUT2D eigenvalue weighted by atomic mass is 35.5. The van der Waals surface area contributed by atoms with E-state index in [1.165, 1.54) is 22.5 Å². The molecule has 0 spiro atoms. The second kappa shape index (κ2) is 9.81. The summed E-state index contributed by atoms with van der Waals surface area (Å²) in [6.07, 6.45) is 2.68. The molecular weight excluding hydrogens is 424 g/mol. The van der Waals surface area contributed by atoms with E-state index in [9.17, 15) is 13.2 Å². The molecule has 2 aromatic rings. The lowest BCUT2D eigenvalue weighted by Crippen LogP contribution is -2.36. The van der Waals surface area contributed by atoms with E-state index in [-0.39, 0.29) is 27.4 Å². The van der Waals surface area contributed by atoms with Gasteiger partial charge in [0.05, 0.1) is 17.7 Å². The third-order valence-electron chi connectivity index (χ3n) is 5.14. The van der Waals surface area contributed by atoms with Crippen molar-refractivity contribution in [3.8, 4) is 5.75 Å². The maximum Gasteiger partial charge on any atom is 0.251 e. The van der Waals surface area contributed by atoms with Gasteiger partial charge in [-0.2, -0.15) is 4.31 Å². The average Bonchev–Trinajstić information content (AvgIpc) is 2.75. The number of nitrogens with one attached hydrogen (secondary N) is 1. The third kappa shape index (κ3) is 5.14. The molecule has 1 fully saturated rings. The van der Waals surface area contributed by atoms with E-state index in [0.29, 0.717) is 19.7 Å². The van der Waals surface area contributed by atoms with Crippen LogP contribution >= 0.6 is 11.6 Å². The van der Waals surface area contributed by atoms with E-state index >= 15 is 0 Å². The van der Waals surface area contributed by atoms with Crippen LogP contribution in [0.3, 0.4) is 0 Å². The molecule has 1 aliphatic rings. The molecule has 1 atom stereocenters. The Bertz CT molecular complexity index is 1000. The Morgan fingerprint density at radius 3 is 2.60 bits per heavy atom. The number of piperidine rings is 1. The molecule has 30 heavy (non-hydrogen) atoms.